The van der Waals surface area contributed by atoms with Gasteiger partial charge >= 0.3 is 0 Å². The Morgan fingerprint density at radius 1 is 1.45 bits per heavy atom. The second kappa shape index (κ2) is 5.44. The predicted molar refractivity (Wildman–Crippen MR) is 79.4 cm³/mol. The van der Waals surface area contributed by atoms with Gasteiger partial charge in [0.2, 0.25) is 0 Å². The fraction of sp³-hybridized carbons (Fsp3) is 0.500. The van der Waals surface area contributed by atoms with E-state index in [9.17, 15) is 13.2 Å². The van der Waals surface area contributed by atoms with Crippen molar-refractivity contribution in [2.75, 3.05) is 23.8 Å². The van der Waals surface area contributed by atoms with Gasteiger partial charge in [-0.1, -0.05) is 6.07 Å². The fourth-order valence-corrected chi connectivity index (χ4v) is 4.36. The van der Waals surface area contributed by atoms with Crippen LogP contribution in [0.5, 0.6) is 0 Å². The number of amides is 1. The molecule has 110 valence electrons. The van der Waals surface area contributed by atoms with Gasteiger partial charge in [-0.3, -0.25) is 4.79 Å². The summed E-state index contributed by atoms with van der Waals surface area (Å²) >= 11 is 0. The first-order valence-electron chi connectivity index (χ1n) is 6.72. The van der Waals surface area contributed by atoms with E-state index >= 15 is 0 Å². The van der Waals surface area contributed by atoms with Crippen molar-refractivity contribution in [3.8, 4) is 0 Å². The Balaban J connectivity index is 2.28. The van der Waals surface area contributed by atoms with Crippen molar-refractivity contribution in [1.29, 1.82) is 0 Å². The molecule has 1 heterocycles. The van der Waals surface area contributed by atoms with Crippen LogP contribution in [-0.4, -0.2) is 43.3 Å². The molecular weight excluding hydrogens is 276 g/mol. The van der Waals surface area contributed by atoms with Crippen LogP contribution < -0.4 is 5.73 Å². The minimum atomic E-state index is -3.00. The summed E-state index contributed by atoms with van der Waals surface area (Å²) in [5.74, 6) is 0.0880. The molecule has 5 nitrogen and oxygen atoms in total. The zero-order valence-electron chi connectivity index (χ0n) is 11.8. The Bertz CT molecular complexity index is 625. The van der Waals surface area contributed by atoms with E-state index in [1.54, 1.807) is 23.1 Å². The zero-order valence-corrected chi connectivity index (χ0v) is 12.6. The van der Waals surface area contributed by atoms with Gasteiger partial charge in [-0.2, -0.15) is 0 Å². The molecule has 1 saturated heterocycles. The van der Waals surface area contributed by atoms with Crippen LogP contribution in [0.4, 0.5) is 5.69 Å². The van der Waals surface area contributed by atoms with Crippen molar-refractivity contribution in [3.05, 3.63) is 29.3 Å². The quantitative estimate of drug-likeness (QED) is 0.851. The lowest BCUT2D eigenvalue weighted by Crippen LogP contribution is -2.41. The molecule has 0 radical (unpaired) electrons. The van der Waals surface area contributed by atoms with Gasteiger partial charge in [0.25, 0.3) is 5.91 Å². The summed E-state index contributed by atoms with van der Waals surface area (Å²) in [4.78, 5) is 14.3. The van der Waals surface area contributed by atoms with Gasteiger partial charge in [-0.05, 0) is 38.0 Å². The summed E-state index contributed by atoms with van der Waals surface area (Å²) in [7, 11) is -3.00. The second-order valence-corrected chi connectivity index (χ2v) is 7.40. The van der Waals surface area contributed by atoms with Gasteiger partial charge in [-0.25, -0.2) is 8.42 Å². The third kappa shape index (κ3) is 2.80. The molecule has 1 aliphatic heterocycles. The molecule has 1 fully saturated rings. The summed E-state index contributed by atoms with van der Waals surface area (Å²) in [6.07, 6.45) is 0.517. The molecule has 6 heteroatoms. The maximum absolute atomic E-state index is 12.6. The Hall–Kier alpha value is -1.56. The van der Waals surface area contributed by atoms with Crippen LogP contribution in [0.3, 0.4) is 0 Å². The van der Waals surface area contributed by atoms with Gasteiger partial charge < -0.3 is 10.6 Å². The van der Waals surface area contributed by atoms with Crippen molar-refractivity contribution in [2.45, 2.75) is 26.3 Å². The lowest BCUT2D eigenvalue weighted by atomic mass is 10.0. The first kappa shape index (κ1) is 14.8. The molecule has 1 aromatic carbocycles. The standard InChI is InChI=1S/C14H20N2O3S/c1-3-16(11-7-8-20(18,19)9-11)14(17)12-5-4-6-13(15)10(12)2/h4-6,11H,3,7-9,15H2,1-2H3. The molecule has 0 aromatic heterocycles. The molecule has 0 aliphatic carbocycles. The summed E-state index contributed by atoms with van der Waals surface area (Å²) < 4.78 is 23.2. The molecule has 1 unspecified atom stereocenters. The monoisotopic (exact) mass is 296 g/mol. The summed E-state index contributed by atoms with van der Waals surface area (Å²) in [5, 5.41) is 0. The van der Waals surface area contributed by atoms with E-state index in [0.29, 0.717) is 24.2 Å². The highest BCUT2D eigenvalue weighted by Crippen LogP contribution is 2.22. The minimum absolute atomic E-state index is 0.0634. The lowest BCUT2D eigenvalue weighted by Gasteiger charge is -2.27. The average molecular weight is 296 g/mol. The third-order valence-electron chi connectivity index (χ3n) is 3.86. The fourth-order valence-electron chi connectivity index (χ4n) is 2.63. The molecule has 1 aliphatic rings. The number of hydrogen-bond acceptors (Lipinski definition) is 4. The van der Waals surface area contributed by atoms with Gasteiger partial charge in [-0.15, -0.1) is 0 Å². The van der Waals surface area contributed by atoms with Crippen molar-refractivity contribution in [1.82, 2.24) is 4.90 Å². The Kier molecular flexibility index (Phi) is 4.04. The second-order valence-electron chi connectivity index (χ2n) is 5.17. The molecule has 1 amide bonds. The largest absolute Gasteiger partial charge is 0.398 e. The van der Waals surface area contributed by atoms with E-state index in [-0.39, 0.29) is 23.5 Å². The highest BCUT2D eigenvalue weighted by molar-refractivity contribution is 7.91. The number of nitrogens with two attached hydrogens (primary N) is 1. The molecule has 1 atom stereocenters. The molecule has 2 N–H and O–H groups in total. The summed E-state index contributed by atoms with van der Waals surface area (Å²) in [5.41, 5.74) is 7.70. The number of carbonyl (C=O) groups is 1. The number of benzene rings is 1. The molecule has 0 spiro atoms. The van der Waals surface area contributed by atoms with Crippen molar-refractivity contribution < 1.29 is 13.2 Å². The lowest BCUT2D eigenvalue weighted by molar-refractivity contribution is 0.0707. The molecule has 2 rings (SSSR count). The Labute approximate surface area is 119 Å². The number of sulfone groups is 1. The predicted octanol–water partition coefficient (Wildman–Crippen LogP) is 1.23. The maximum Gasteiger partial charge on any atom is 0.254 e. The number of carbonyl (C=O) groups excluding carboxylic acids is 1. The van der Waals surface area contributed by atoms with E-state index in [2.05, 4.69) is 0 Å². The highest BCUT2D eigenvalue weighted by atomic mass is 32.2. The van der Waals surface area contributed by atoms with Crippen LogP contribution in [0.15, 0.2) is 18.2 Å². The van der Waals surface area contributed by atoms with Crippen LogP contribution in [0.25, 0.3) is 0 Å². The number of hydrogen-bond donors (Lipinski definition) is 1. The van der Waals surface area contributed by atoms with Crippen molar-refractivity contribution >= 4 is 21.4 Å². The molecule has 1 aromatic rings. The SMILES string of the molecule is CCN(C(=O)c1cccc(N)c1C)C1CCS(=O)(=O)C1. The zero-order chi connectivity index (χ0) is 14.9. The molecule has 0 bridgehead atoms. The minimum Gasteiger partial charge on any atom is -0.398 e. The van der Waals surface area contributed by atoms with Crippen LogP contribution in [-0.2, 0) is 9.84 Å². The Morgan fingerprint density at radius 2 is 2.15 bits per heavy atom. The first-order chi connectivity index (χ1) is 9.35. The highest BCUT2D eigenvalue weighted by Gasteiger charge is 2.34. The maximum atomic E-state index is 12.6. The van der Waals surface area contributed by atoms with E-state index in [0.717, 1.165) is 5.56 Å². The molecule has 20 heavy (non-hydrogen) atoms. The summed E-state index contributed by atoms with van der Waals surface area (Å²) in [6.45, 7) is 4.17. The van der Waals surface area contributed by atoms with E-state index in [4.69, 9.17) is 5.73 Å². The molecular formula is C14H20N2O3S. The molecule has 0 saturated carbocycles. The van der Waals surface area contributed by atoms with Crippen LogP contribution in [0.1, 0.15) is 29.3 Å². The Morgan fingerprint density at radius 3 is 2.70 bits per heavy atom. The number of anilines is 1. The van der Waals surface area contributed by atoms with Gasteiger partial charge in [0.1, 0.15) is 0 Å². The van der Waals surface area contributed by atoms with Crippen LogP contribution in [0.2, 0.25) is 0 Å². The van der Waals surface area contributed by atoms with Crippen LogP contribution >= 0.6 is 0 Å². The normalized spacial score (nSPS) is 20.8. The van der Waals surface area contributed by atoms with E-state index in [1.165, 1.54) is 0 Å². The van der Waals surface area contributed by atoms with Gasteiger partial charge in [0, 0.05) is 23.8 Å². The van der Waals surface area contributed by atoms with Crippen molar-refractivity contribution in [2.24, 2.45) is 0 Å². The number of nitrogens with zero attached hydrogens (tertiary/aromatic N) is 1. The first-order valence-corrected chi connectivity index (χ1v) is 8.54. The van der Waals surface area contributed by atoms with Gasteiger partial charge in [0.05, 0.1) is 11.5 Å². The van der Waals surface area contributed by atoms with Gasteiger partial charge in [0.15, 0.2) is 9.84 Å². The van der Waals surface area contributed by atoms with E-state index in [1.807, 2.05) is 13.8 Å². The van der Waals surface area contributed by atoms with Crippen molar-refractivity contribution in [3.63, 3.8) is 0 Å². The summed E-state index contributed by atoms with van der Waals surface area (Å²) in [6, 6.07) is 5.01. The smallest absolute Gasteiger partial charge is 0.254 e. The number of rotatable bonds is 3. The van der Waals surface area contributed by atoms with Crippen LogP contribution in [0, 0.1) is 6.92 Å². The van der Waals surface area contributed by atoms with E-state index < -0.39 is 9.84 Å². The number of nitrogen functional groups attached to an aromatic ring is 1. The average Bonchev–Trinajstić information content (AvgIpc) is 2.74. The topological polar surface area (TPSA) is 80.5 Å². The third-order valence-corrected chi connectivity index (χ3v) is 5.61.